The van der Waals surface area contributed by atoms with Gasteiger partial charge < -0.3 is 9.84 Å². The molecule has 1 fully saturated rings. The zero-order chi connectivity index (χ0) is 21.0. The van der Waals surface area contributed by atoms with Crippen molar-refractivity contribution in [2.24, 2.45) is 0 Å². The minimum absolute atomic E-state index is 0.231. The summed E-state index contributed by atoms with van der Waals surface area (Å²) in [5, 5.41) is 11.1. The van der Waals surface area contributed by atoms with Gasteiger partial charge in [-0.05, 0) is 42.2 Å². The van der Waals surface area contributed by atoms with E-state index in [1.807, 2.05) is 54.6 Å². The average molecular weight is 408 g/mol. The molecule has 3 aromatic carbocycles. The molecule has 4 heteroatoms. The molecule has 1 aliphatic carbocycles. The van der Waals surface area contributed by atoms with E-state index in [2.05, 4.69) is 0 Å². The van der Waals surface area contributed by atoms with Gasteiger partial charge >= 0.3 is 0 Å². The third-order valence-electron chi connectivity index (χ3n) is 6.17. The third-order valence-corrected chi connectivity index (χ3v) is 6.17. The van der Waals surface area contributed by atoms with Crippen LogP contribution in [0.15, 0.2) is 72.8 Å². The van der Waals surface area contributed by atoms with Crippen molar-refractivity contribution in [1.82, 2.24) is 0 Å². The highest BCUT2D eigenvalue weighted by Gasteiger charge is 2.44. The van der Waals surface area contributed by atoms with E-state index in [-0.39, 0.29) is 5.56 Å². The van der Waals surface area contributed by atoms with Crippen LogP contribution in [0.4, 0.5) is 8.78 Å². The highest BCUT2D eigenvalue weighted by molar-refractivity contribution is 5.44. The Bertz CT molecular complexity index is 972. The number of benzene rings is 3. The van der Waals surface area contributed by atoms with Crippen LogP contribution in [0.1, 0.15) is 48.8 Å². The van der Waals surface area contributed by atoms with Crippen LogP contribution in [-0.4, -0.2) is 11.2 Å². The van der Waals surface area contributed by atoms with Crippen molar-refractivity contribution in [2.45, 2.75) is 50.2 Å². The Hall–Kier alpha value is -2.72. The molecule has 1 saturated carbocycles. The number of hydrogen-bond acceptors (Lipinski definition) is 2. The fourth-order valence-electron chi connectivity index (χ4n) is 4.58. The summed E-state index contributed by atoms with van der Waals surface area (Å²) < 4.78 is 34.9. The second kappa shape index (κ2) is 8.97. The van der Waals surface area contributed by atoms with Crippen LogP contribution >= 0.6 is 0 Å². The molecule has 1 aliphatic rings. The molecule has 0 saturated heterocycles. The van der Waals surface area contributed by atoms with Gasteiger partial charge in [-0.1, -0.05) is 73.9 Å². The number of halogens is 2. The average Bonchev–Trinajstić information content (AvgIpc) is 2.97. The first-order chi connectivity index (χ1) is 14.6. The van der Waals surface area contributed by atoms with Crippen molar-refractivity contribution in [3.8, 4) is 5.75 Å². The summed E-state index contributed by atoms with van der Waals surface area (Å²) >= 11 is 0. The van der Waals surface area contributed by atoms with Gasteiger partial charge in [0.15, 0.2) is 11.6 Å². The highest BCUT2D eigenvalue weighted by Crippen LogP contribution is 2.45. The lowest BCUT2D eigenvalue weighted by Gasteiger charge is -2.38. The molecule has 0 amide bonds. The standard InChI is InChI=1S/C26H26F2O2/c27-23-11-7-10-22(25(23)28)26(17-6-2-5-12-24(26)29)20-13-15-21(16-14-20)30-18-19-8-3-1-4-9-19/h1,3-4,7-11,13-16,24,29H,2,5-6,12,17-18H2. The molecule has 3 aromatic rings. The first kappa shape index (κ1) is 20.5. The Kier molecular flexibility index (Phi) is 6.14. The molecule has 1 N–H and O–H groups in total. The molecule has 2 atom stereocenters. The number of hydrogen-bond donors (Lipinski definition) is 1. The fraction of sp³-hybridized carbons (Fsp3) is 0.308. The van der Waals surface area contributed by atoms with E-state index in [1.165, 1.54) is 6.07 Å². The number of ether oxygens (including phenoxy) is 1. The maximum absolute atomic E-state index is 14.9. The zero-order valence-corrected chi connectivity index (χ0v) is 16.9. The van der Waals surface area contributed by atoms with E-state index in [9.17, 15) is 13.9 Å². The van der Waals surface area contributed by atoms with Crippen LogP contribution in [0.3, 0.4) is 0 Å². The second-order valence-electron chi connectivity index (χ2n) is 7.99. The number of rotatable bonds is 5. The normalized spacial score (nSPS) is 21.8. The van der Waals surface area contributed by atoms with Gasteiger partial charge in [0.2, 0.25) is 0 Å². The molecule has 156 valence electrons. The minimum atomic E-state index is -0.972. The van der Waals surface area contributed by atoms with E-state index in [0.717, 1.165) is 36.5 Å². The molecular weight excluding hydrogens is 382 g/mol. The molecular formula is C26H26F2O2. The summed E-state index contributed by atoms with van der Waals surface area (Å²) in [5.74, 6) is -1.06. The molecule has 30 heavy (non-hydrogen) atoms. The summed E-state index contributed by atoms with van der Waals surface area (Å²) in [6.07, 6.45) is 3.03. The maximum atomic E-state index is 14.9. The number of aliphatic hydroxyl groups is 1. The van der Waals surface area contributed by atoms with E-state index in [0.29, 0.717) is 25.2 Å². The molecule has 0 spiro atoms. The molecule has 0 bridgehead atoms. The minimum Gasteiger partial charge on any atom is -0.489 e. The summed E-state index contributed by atoms with van der Waals surface area (Å²) in [6, 6.07) is 21.6. The monoisotopic (exact) mass is 408 g/mol. The fourth-order valence-corrected chi connectivity index (χ4v) is 4.58. The molecule has 2 nitrogen and oxygen atoms in total. The van der Waals surface area contributed by atoms with E-state index < -0.39 is 23.2 Å². The van der Waals surface area contributed by atoms with Crippen LogP contribution in [0.2, 0.25) is 0 Å². The van der Waals surface area contributed by atoms with E-state index in [1.54, 1.807) is 6.07 Å². The molecule has 2 unspecified atom stereocenters. The first-order valence-corrected chi connectivity index (χ1v) is 10.5. The van der Waals surface area contributed by atoms with E-state index >= 15 is 0 Å². The Morgan fingerprint density at radius 3 is 2.40 bits per heavy atom. The summed E-state index contributed by atoms with van der Waals surface area (Å²) in [4.78, 5) is 0. The van der Waals surface area contributed by atoms with Gasteiger partial charge in [0.05, 0.1) is 6.10 Å². The largest absolute Gasteiger partial charge is 0.489 e. The van der Waals surface area contributed by atoms with Gasteiger partial charge in [-0.3, -0.25) is 0 Å². The third kappa shape index (κ3) is 3.97. The summed E-state index contributed by atoms with van der Waals surface area (Å²) in [5.41, 5.74) is 1.11. The van der Waals surface area contributed by atoms with Crippen LogP contribution < -0.4 is 4.74 Å². The lowest BCUT2D eigenvalue weighted by molar-refractivity contribution is 0.0922. The molecule has 4 rings (SSSR count). The Balaban J connectivity index is 1.68. The second-order valence-corrected chi connectivity index (χ2v) is 7.99. The summed E-state index contributed by atoms with van der Waals surface area (Å²) in [6.45, 7) is 0.451. The maximum Gasteiger partial charge on any atom is 0.163 e. The lowest BCUT2D eigenvalue weighted by atomic mass is 9.67. The summed E-state index contributed by atoms with van der Waals surface area (Å²) in [7, 11) is 0. The van der Waals surface area contributed by atoms with Gasteiger partial charge in [-0.2, -0.15) is 0 Å². The highest BCUT2D eigenvalue weighted by atomic mass is 19.2. The van der Waals surface area contributed by atoms with Crippen LogP contribution in [0.25, 0.3) is 0 Å². The SMILES string of the molecule is OC1CCCCCC1(c1ccc(OCc2ccccc2)cc1)c1cccc(F)c1F. The quantitative estimate of drug-likeness (QED) is 0.513. The van der Waals surface area contributed by atoms with Gasteiger partial charge in [0, 0.05) is 11.0 Å². The van der Waals surface area contributed by atoms with Gasteiger partial charge in [-0.15, -0.1) is 0 Å². The predicted octanol–water partition coefficient (Wildman–Crippen LogP) is 6.15. The Morgan fingerprint density at radius 1 is 0.867 bits per heavy atom. The molecule has 0 heterocycles. The zero-order valence-electron chi connectivity index (χ0n) is 16.9. The van der Waals surface area contributed by atoms with Crippen LogP contribution in [0, 0.1) is 11.6 Å². The number of aliphatic hydroxyl groups excluding tert-OH is 1. The molecule has 0 radical (unpaired) electrons. The van der Waals surface area contributed by atoms with E-state index in [4.69, 9.17) is 4.74 Å². The van der Waals surface area contributed by atoms with Crippen molar-refractivity contribution in [2.75, 3.05) is 0 Å². The Labute approximate surface area is 176 Å². The lowest BCUT2D eigenvalue weighted by Crippen LogP contribution is -2.41. The van der Waals surface area contributed by atoms with Crippen LogP contribution in [0.5, 0.6) is 5.75 Å². The smallest absolute Gasteiger partial charge is 0.163 e. The van der Waals surface area contributed by atoms with Crippen molar-refractivity contribution in [1.29, 1.82) is 0 Å². The topological polar surface area (TPSA) is 29.5 Å². The van der Waals surface area contributed by atoms with Crippen molar-refractivity contribution >= 4 is 0 Å². The molecule has 0 aromatic heterocycles. The van der Waals surface area contributed by atoms with Gasteiger partial charge in [0.1, 0.15) is 12.4 Å². The van der Waals surface area contributed by atoms with Crippen molar-refractivity contribution < 1.29 is 18.6 Å². The van der Waals surface area contributed by atoms with Gasteiger partial charge in [0.25, 0.3) is 0 Å². The first-order valence-electron chi connectivity index (χ1n) is 10.5. The van der Waals surface area contributed by atoms with Crippen molar-refractivity contribution in [3.63, 3.8) is 0 Å². The van der Waals surface area contributed by atoms with Crippen molar-refractivity contribution in [3.05, 3.63) is 101 Å². The predicted molar refractivity (Wildman–Crippen MR) is 113 cm³/mol. The molecule has 0 aliphatic heterocycles. The van der Waals surface area contributed by atoms with Crippen LogP contribution in [-0.2, 0) is 12.0 Å². The Morgan fingerprint density at radius 2 is 1.63 bits per heavy atom. The van der Waals surface area contributed by atoms with Gasteiger partial charge in [-0.25, -0.2) is 8.78 Å².